The highest BCUT2D eigenvalue weighted by atomic mass is 19.4. The molecule has 0 atom stereocenters. The van der Waals surface area contributed by atoms with Crippen LogP contribution in [-0.4, -0.2) is 34.8 Å². The largest absolute Gasteiger partial charge is 0.508 e. The Morgan fingerprint density at radius 2 is 1.68 bits per heavy atom. The Kier molecular flexibility index (Phi) is 4.36. The Bertz CT molecular complexity index is 470. The van der Waals surface area contributed by atoms with Crippen molar-refractivity contribution in [1.82, 2.24) is 0 Å². The molecule has 0 aromatic heterocycles. The standard InChI is InChI=1S/C11H10F3NO4/c12-11(13,14)5-9(17)15(6-10(18)19)7-1-3-8(16)4-2-7/h1-4,16H,5-6H2,(H,18,19). The van der Waals surface area contributed by atoms with Crippen LogP contribution < -0.4 is 4.90 Å². The van der Waals surface area contributed by atoms with E-state index in [9.17, 15) is 22.8 Å². The maximum absolute atomic E-state index is 12.1. The Morgan fingerprint density at radius 3 is 2.11 bits per heavy atom. The van der Waals surface area contributed by atoms with Crippen LogP contribution in [0.4, 0.5) is 18.9 Å². The number of rotatable bonds is 4. The summed E-state index contributed by atoms with van der Waals surface area (Å²) in [5.41, 5.74) is -0.0329. The molecule has 0 unspecified atom stereocenters. The van der Waals surface area contributed by atoms with Gasteiger partial charge in [0.15, 0.2) is 0 Å². The molecule has 0 bridgehead atoms. The van der Waals surface area contributed by atoms with E-state index in [1.165, 1.54) is 0 Å². The molecule has 19 heavy (non-hydrogen) atoms. The zero-order chi connectivity index (χ0) is 14.6. The van der Waals surface area contributed by atoms with Crippen LogP contribution in [0.3, 0.4) is 0 Å². The Balaban J connectivity index is 2.97. The highest BCUT2D eigenvalue weighted by Gasteiger charge is 2.34. The number of carboxylic acid groups (broad SMARTS) is 1. The van der Waals surface area contributed by atoms with Crippen molar-refractivity contribution in [2.75, 3.05) is 11.4 Å². The minimum Gasteiger partial charge on any atom is -0.508 e. The van der Waals surface area contributed by atoms with Gasteiger partial charge in [-0.2, -0.15) is 13.2 Å². The van der Waals surface area contributed by atoms with Crippen LogP contribution >= 0.6 is 0 Å². The van der Waals surface area contributed by atoms with Gasteiger partial charge in [-0.1, -0.05) is 0 Å². The minimum absolute atomic E-state index is 0.0329. The lowest BCUT2D eigenvalue weighted by Crippen LogP contribution is -2.38. The molecule has 5 nitrogen and oxygen atoms in total. The summed E-state index contributed by atoms with van der Waals surface area (Å²) in [6.45, 7) is -0.889. The van der Waals surface area contributed by atoms with Crippen molar-refractivity contribution < 1.29 is 33.0 Å². The number of phenols is 1. The Hall–Kier alpha value is -2.25. The lowest BCUT2D eigenvalue weighted by Gasteiger charge is -2.21. The van der Waals surface area contributed by atoms with Gasteiger partial charge in [0.05, 0.1) is 0 Å². The second-order valence-electron chi connectivity index (χ2n) is 3.68. The number of carboxylic acids is 1. The van der Waals surface area contributed by atoms with Crippen LogP contribution in [0, 0.1) is 0 Å². The fourth-order valence-electron chi connectivity index (χ4n) is 1.36. The lowest BCUT2D eigenvalue weighted by atomic mass is 10.2. The highest BCUT2D eigenvalue weighted by molar-refractivity contribution is 5.97. The van der Waals surface area contributed by atoms with E-state index in [1.54, 1.807) is 0 Å². The van der Waals surface area contributed by atoms with Gasteiger partial charge in [0.1, 0.15) is 18.7 Å². The van der Waals surface area contributed by atoms with Crippen LogP contribution in [-0.2, 0) is 9.59 Å². The fraction of sp³-hybridized carbons (Fsp3) is 0.273. The maximum Gasteiger partial charge on any atom is 0.397 e. The summed E-state index contributed by atoms with van der Waals surface area (Å²) in [6, 6.07) is 4.61. The number of benzene rings is 1. The number of alkyl halides is 3. The molecule has 1 rings (SSSR count). The fourth-order valence-corrected chi connectivity index (χ4v) is 1.36. The van der Waals surface area contributed by atoms with E-state index in [1.807, 2.05) is 0 Å². The average molecular weight is 277 g/mol. The van der Waals surface area contributed by atoms with Gasteiger partial charge < -0.3 is 15.1 Å². The van der Waals surface area contributed by atoms with E-state index in [-0.39, 0.29) is 11.4 Å². The molecule has 1 amide bonds. The number of nitrogens with zero attached hydrogens (tertiary/aromatic N) is 1. The number of amides is 1. The minimum atomic E-state index is -4.72. The lowest BCUT2D eigenvalue weighted by molar-refractivity contribution is -0.153. The van der Waals surface area contributed by atoms with Crippen molar-refractivity contribution in [2.24, 2.45) is 0 Å². The quantitative estimate of drug-likeness (QED) is 0.879. The van der Waals surface area contributed by atoms with Crippen LogP contribution in [0.2, 0.25) is 0 Å². The third-order valence-electron chi connectivity index (χ3n) is 2.11. The monoisotopic (exact) mass is 277 g/mol. The number of carbonyl (C=O) groups excluding carboxylic acids is 1. The number of carbonyl (C=O) groups is 2. The van der Waals surface area contributed by atoms with Gasteiger partial charge in [-0.3, -0.25) is 9.59 Å². The maximum atomic E-state index is 12.1. The molecule has 0 aliphatic heterocycles. The Morgan fingerprint density at radius 1 is 1.16 bits per heavy atom. The normalized spacial score (nSPS) is 11.1. The first-order valence-electron chi connectivity index (χ1n) is 5.07. The van der Waals surface area contributed by atoms with Crippen molar-refractivity contribution in [1.29, 1.82) is 0 Å². The van der Waals surface area contributed by atoms with Crippen LogP contribution in [0.5, 0.6) is 5.75 Å². The van der Waals surface area contributed by atoms with E-state index in [2.05, 4.69) is 0 Å². The molecule has 0 heterocycles. The van der Waals surface area contributed by atoms with Gasteiger partial charge >= 0.3 is 12.1 Å². The first kappa shape index (κ1) is 14.8. The molecule has 0 radical (unpaired) electrons. The van der Waals surface area contributed by atoms with E-state index >= 15 is 0 Å². The molecular weight excluding hydrogens is 267 g/mol. The zero-order valence-corrected chi connectivity index (χ0v) is 9.52. The SMILES string of the molecule is O=C(O)CN(C(=O)CC(F)(F)F)c1ccc(O)cc1. The first-order chi connectivity index (χ1) is 8.69. The average Bonchev–Trinajstić information content (AvgIpc) is 2.24. The Labute approximate surface area is 105 Å². The number of aliphatic carboxylic acids is 1. The number of halogens is 3. The van der Waals surface area contributed by atoms with Crippen LogP contribution in [0.25, 0.3) is 0 Å². The first-order valence-corrected chi connectivity index (χ1v) is 5.07. The summed E-state index contributed by atoms with van der Waals surface area (Å²) in [5, 5.41) is 17.7. The molecule has 0 aliphatic carbocycles. The van der Waals surface area contributed by atoms with Gasteiger partial charge in [-0.25, -0.2) is 0 Å². The van der Waals surface area contributed by atoms with Crippen molar-refractivity contribution in [3.63, 3.8) is 0 Å². The van der Waals surface area contributed by atoms with E-state index < -0.39 is 31.0 Å². The van der Waals surface area contributed by atoms with Gasteiger partial charge in [-0.15, -0.1) is 0 Å². The molecule has 0 saturated carbocycles. The molecule has 1 aromatic rings. The van der Waals surface area contributed by atoms with Gasteiger partial charge in [-0.05, 0) is 24.3 Å². The summed E-state index contributed by atoms with van der Waals surface area (Å²) in [7, 11) is 0. The zero-order valence-electron chi connectivity index (χ0n) is 9.52. The molecule has 8 heteroatoms. The number of phenolic OH excluding ortho intramolecular Hbond substituents is 1. The van der Waals surface area contributed by atoms with Crippen molar-refractivity contribution in [3.8, 4) is 5.75 Å². The molecule has 0 aliphatic rings. The van der Waals surface area contributed by atoms with Crippen molar-refractivity contribution in [3.05, 3.63) is 24.3 Å². The topological polar surface area (TPSA) is 77.8 Å². The number of anilines is 1. The highest BCUT2D eigenvalue weighted by Crippen LogP contribution is 2.24. The number of hydrogen-bond donors (Lipinski definition) is 2. The summed E-state index contributed by atoms with van der Waals surface area (Å²) in [5.74, 6) is -2.97. The number of hydrogen-bond acceptors (Lipinski definition) is 3. The summed E-state index contributed by atoms with van der Waals surface area (Å²) in [4.78, 5) is 22.6. The van der Waals surface area contributed by atoms with Gasteiger partial charge in [0, 0.05) is 5.69 Å². The second kappa shape index (κ2) is 5.59. The van der Waals surface area contributed by atoms with Crippen LogP contribution in [0.1, 0.15) is 6.42 Å². The second-order valence-corrected chi connectivity index (χ2v) is 3.68. The molecular formula is C11H10F3NO4. The molecule has 0 saturated heterocycles. The van der Waals surface area contributed by atoms with E-state index in [0.717, 1.165) is 24.3 Å². The summed E-state index contributed by atoms with van der Waals surface area (Å²) in [6.07, 6.45) is -6.47. The van der Waals surface area contributed by atoms with Gasteiger partial charge in [0.2, 0.25) is 5.91 Å². The van der Waals surface area contributed by atoms with Crippen molar-refractivity contribution in [2.45, 2.75) is 12.6 Å². The van der Waals surface area contributed by atoms with Crippen molar-refractivity contribution >= 4 is 17.6 Å². The molecule has 0 spiro atoms. The van der Waals surface area contributed by atoms with E-state index in [4.69, 9.17) is 10.2 Å². The molecule has 0 fully saturated rings. The summed E-state index contributed by atoms with van der Waals surface area (Å²) < 4.78 is 36.4. The van der Waals surface area contributed by atoms with Gasteiger partial charge in [0.25, 0.3) is 0 Å². The summed E-state index contributed by atoms with van der Waals surface area (Å²) >= 11 is 0. The molecule has 104 valence electrons. The number of aromatic hydroxyl groups is 1. The molecule has 2 N–H and O–H groups in total. The van der Waals surface area contributed by atoms with Crippen LogP contribution in [0.15, 0.2) is 24.3 Å². The smallest absolute Gasteiger partial charge is 0.397 e. The predicted octanol–water partition coefficient (Wildman–Crippen LogP) is 1.76. The third-order valence-corrected chi connectivity index (χ3v) is 2.11. The van der Waals surface area contributed by atoms with E-state index in [0.29, 0.717) is 4.90 Å². The predicted molar refractivity (Wildman–Crippen MR) is 58.8 cm³/mol. The third kappa shape index (κ3) is 4.86. The molecule has 1 aromatic carbocycles.